The Morgan fingerprint density at radius 3 is 2.89 bits per heavy atom. The van der Waals surface area contributed by atoms with Gasteiger partial charge in [0.2, 0.25) is 0 Å². The fourth-order valence-electron chi connectivity index (χ4n) is 1.63. The van der Waals surface area contributed by atoms with Gasteiger partial charge < -0.3 is 5.32 Å². The third-order valence-corrected chi connectivity index (χ3v) is 4.46. The Kier molecular flexibility index (Phi) is 4.71. The van der Waals surface area contributed by atoms with Gasteiger partial charge in [-0.25, -0.2) is 0 Å². The van der Waals surface area contributed by atoms with Gasteiger partial charge >= 0.3 is 0 Å². The molecule has 0 saturated heterocycles. The van der Waals surface area contributed by atoms with E-state index in [1.807, 2.05) is 11.4 Å². The summed E-state index contributed by atoms with van der Waals surface area (Å²) in [6, 6.07) is 1.85. The molecule has 1 amide bonds. The van der Waals surface area contributed by atoms with Gasteiger partial charge in [-0.3, -0.25) is 9.48 Å². The molecule has 0 unspecified atom stereocenters. The number of carbonyl (C=O) groups is 1. The smallest absolute Gasteiger partial charge is 0.261 e. The van der Waals surface area contributed by atoms with E-state index in [0.29, 0.717) is 17.3 Å². The highest BCUT2D eigenvalue weighted by atomic mass is 79.9. The summed E-state index contributed by atoms with van der Waals surface area (Å²) in [5.74, 6) is 0.270. The van der Waals surface area contributed by atoms with Gasteiger partial charge in [-0.1, -0.05) is 19.1 Å². The maximum absolute atomic E-state index is 12.1. The van der Waals surface area contributed by atoms with E-state index in [4.69, 9.17) is 0 Å². The van der Waals surface area contributed by atoms with Crippen LogP contribution in [0.1, 0.15) is 23.5 Å². The monoisotopic (exact) mass is 342 g/mol. The van der Waals surface area contributed by atoms with Crippen molar-refractivity contribution in [3.63, 3.8) is 0 Å². The fourth-order valence-corrected chi connectivity index (χ4v) is 2.96. The Morgan fingerprint density at radius 2 is 2.37 bits per heavy atom. The van der Waals surface area contributed by atoms with Crippen molar-refractivity contribution < 1.29 is 4.79 Å². The second kappa shape index (κ2) is 6.29. The second-order valence-electron chi connectivity index (χ2n) is 4.58. The van der Waals surface area contributed by atoms with Gasteiger partial charge in [-0.15, -0.1) is 16.4 Å². The number of halogens is 1. The van der Waals surface area contributed by atoms with E-state index in [9.17, 15) is 4.79 Å². The van der Waals surface area contributed by atoms with Crippen molar-refractivity contribution in [2.24, 2.45) is 5.92 Å². The molecular weight excluding hydrogens is 328 g/mol. The molecule has 19 heavy (non-hydrogen) atoms. The summed E-state index contributed by atoms with van der Waals surface area (Å²) in [7, 11) is 0. The van der Waals surface area contributed by atoms with Crippen LogP contribution in [0, 0.1) is 5.92 Å². The van der Waals surface area contributed by atoms with Crippen molar-refractivity contribution in [3.05, 3.63) is 33.2 Å². The summed E-state index contributed by atoms with van der Waals surface area (Å²) in [4.78, 5) is 12.8. The van der Waals surface area contributed by atoms with Crippen LogP contribution in [-0.2, 0) is 6.54 Å². The van der Waals surface area contributed by atoms with Crippen LogP contribution in [0.5, 0.6) is 0 Å². The minimum atomic E-state index is -0.0467. The number of aromatic nitrogens is 3. The zero-order valence-corrected chi connectivity index (χ0v) is 13.1. The lowest BCUT2D eigenvalue weighted by Crippen LogP contribution is -2.41. The van der Waals surface area contributed by atoms with Crippen molar-refractivity contribution >= 4 is 33.2 Å². The number of nitrogens with zero attached hydrogens (tertiary/aromatic N) is 3. The average molecular weight is 343 g/mol. The number of nitrogens with one attached hydrogen (secondary N) is 1. The van der Waals surface area contributed by atoms with Crippen molar-refractivity contribution in [3.8, 4) is 0 Å². The maximum Gasteiger partial charge on any atom is 0.261 e. The van der Waals surface area contributed by atoms with E-state index >= 15 is 0 Å². The molecule has 0 aliphatic carbocycles. The largest absolute Gasteiger partial charge is 0.346 e. The summed E-state index contributed by atoms with van der Waals surface area (Å²) in [6.07, 6.45) is 3.43. The molecule has 102 valence electrons. The predicted octanol–water partition coefficient (Wildman–Crippen LogP) is 2.56. The van der Waals surface area contributed by atoms with Gasteiger partial charge in [-0.05, 0) is 27.9 Å². The molecule has 7 heteroatoms. The number of hydrogen-bond donors (Lipinski definition) is 1. The van der Waals surface area contributed by atoms with Gasteiger partial charge in [0, 0.05) is 16.0 Å². The molecule has 2 aromatic heterocycles. The zero-order valence-electron chi connectivity index (χ0n) is 10.7. The van der Waals surface area contributed by atoms with E-state index in [-0.39, 0.29) is 11.9 Å². The van der Waals surface area contributed by atoms with Crippen molar-refractivity contribution in [1.82, 2.24) is 20.3 Å². The predicted molar refractivity (Wildman–Crippen MR) is 78.1 cm³/mol. The molecule has 0 saturated carbocycles. The number of hydrogen-bond acceptors (Lipinski definition) is 4. The molecule has 0 spiro atoms. The molecule has 0 bridgehead atoms. The first-order valence-electron chi connectivity index (χ1n) is 5.95. The van der Waals surface area contributed by atoms with Gasteiger partial charge in [0.25, 0.3) is 5.91 Å². The van der Waals surface area contributed by atoms with Crippen LogP contribution in [0.25, 0.3) is 0 Å². The molecule has 5 nitrogen and oxygen atoms in total. The first kappa shape index (κ1) is 14.2. The highest BCUT2D eigenvalue weighted by Crippen LogP contribution is 2.20. The van der Waals surface area contributed by atoms with Crippen LogP contribution in [0.15, 0.2) is 28.3 Å². The highest BCUT2D eigenvalue weighted by Gasteiger charge is 2.19. The van der Waals surface area contributed by atoms with Crippen molar-refractivity contribution in [1.29, 1.82) is 0 Å². The molecule has 1 N–H and O–H groups in total. The zero-order chi connectivity index (χ0) is 13.8. The lowest BCUT2D eigenvalue weighted by atomic mass is 10.0. The fraction of sp³-hybridized carbons (Fsp3) is 0.417. The Balaban J connectivity index is 2.02. The minimum Gasteiger partial charge on any atom is -0.346 e. The molecule has 2 rings (SSSR count). The van der Waals surface area contributed by atoms with E-state index < -0.39 is 0 Å². The number of rotatable bonds is 5. The molecule has 0 aromatic carbocycles. The number of thiophene rings is 1. The summed E-state index contributed by atoms with van der Waals surface area (Å²) in [5, 5.41) is 12.7. The van der Waals surface area contributed by atoms with Gasteiger partial charge in [-0.2, -0.15) is 0 Å². The molecule has 2 heterocycles. The lowest BCUT2D eigenvalue weighted by molar-refractivity contribution is 0.0923. The van der Waals surface area contributed by atoms with E-state index in [2.05, 4.69) is 45.4 Å². The van der Waals surface area contributed by atoms with Gasteiger partial charge in [0.1, 0.15) is 0 Å². The summed E-state index contributed by atoms with van der Waals surface area (Å²) in [6.45, 7) is 4.77. The number of carbonyl (C=O) groups excluding carboxylic acids is 1. The first-order valence-corrected chi connectivity index (χ1v) is 7.62. The summed E-state index contributed by atoms with van der Waals surface area (Å²) < 4.78 is 2.66. The summed E-state index contributed by atoms with van der Waals surface area (Å²) >= 11 is 4.78. The van der Waals surface area contributed by atoms with Crippen molar-refractivity contribution in [2.45, 2.75) is 26.4 Å². The van der Waals surface area contributed by atoms with Crippen LogP contribution in [0.2, 0.25) is 0 Å². The molecular formula is C12H15BrN4OS. The maximum atomic E-state index is 12.1. The SMILES string of the molecule is CC(C)[C@H](Cn1ccnn1)NC(=O)c1cc(Br)cs1. The van der Waals surface area contributed by atoms with E-state index in [1.165, 1.54) is 11.3 Å². The van der Waals surface area contributed by atoms with Crippen LogP contribution in [0.4, 0.5) is 0 Å². The van der Waals surface area contributed by atoms with Crippen LogP contribution < -0.4 is 5.32 Å². The third-order valence-electron chi connectivity index (χ3n) is 2.77. The Hall–Kier alpha value is -1.21. The Morgan fingerprint density at radius 1 is 1.58 bits per heavy atom. The second-order valence-corrected chi connectivity index (χ2v) is 6.41. The average Bonchev–Trinajstić information content (AvgIpc) is 2.99. The Bertz CT molecular complexity index is 538. The van der Waals surface area contributed by atoms with Crippen LogP contribution in [0.3, 0.4) is 0 Å². The lowest BCUT2D eigenvalue weighted by Gasteiger charge is -2.21. The first-order chi connectivity index (χ1) is 9.06. The quantitative estimate of drug-likeness (QED) is 0.908. The number of amides is 1. The standard InChI is InChI=1S/C12H15BrN4OS/c1-8(2)10(6-17-4-3-14-16-17)15-12(18)11-5-9(13)7-19-11/h3-5,7-8,10H,6H2,1-2H3,(H,15,18)/t10-/m0/s1. The van der Waals surface area contributed by atoms with Crippen LogP contribution in [-0.4, -0.2) is 26.9 Å². The molecule has 0 fully saturated rings. The van der Waals surface area contributed by atoms with E-state index in [0.717, 1.165) is 4.47 Å². The van der Waals surface area contributed by atoms with Gasteiger partial charge in [0.15, 0.2) is 0 Å². The molecule has 2 aromatic rings. The molecule has 0 aliphatic heterocycles. The highest BCUT2D eigenvalue weighted by molar-refractivity contribution is 9.10. The Labute approximate surface area is 124 Å². The van der Waals surface area contributed by atoms with E-state index in [1.54, 1.807) is 17.1 Å². The molecule has 0 radical (unpaired) electrons. The van der Waals surface area contributed by atoms with Crippen molar-refractivity contribution in [2.75, 3.05) is 0 Å². The molecule has 1 atom stereocenters. The molecule has 0 aliphatic rings. The van der Waals surface area contributed by atoms with Crippen LogP contribution >= 0.6 is 27.3 Å². The third kappa shape index (κ3) is 3.87. The normalized spacial score (nSPS) is 12.6. The summed E-state index contributed by atoms with van der Waals surface area (Å²) in [5.41, 5.74) is 0. The minimum absolute atomic E-state index is 0.0232. The topological polar surface area (TPSA) is 59.8 Å². The van der Waals surface area contributed by atoms with Gasteiger partial charge in [0.05, 0.1) is 23.7 Å².